The van der Waals surface area contributed by atoms with Crippen LogP contribution in [0.1, 0.15) is 22.3 Å². The largest absolute Gasteiger partial charge is 0.489 e. The summed E-state index contributed by atoms with van der Waals surface area (Å²) in [4.78, 5) is 26.8. The molecule has 3 aromatic carbocycles. The Balaban J connectivity index is 1.46. The topological polar surface area (TPSA) is 46.6 Å². The van der Waals surface area contributed by atoms with Crippen LogP contribution in [0, 0.1) is 12.7 Å². The van der Waals surface area contributed by atoms with Crippen molar-refractivity contribution in [2.24, 2.45) is 0 Å². The molecule has 0 spiro atoms. The Morgan fingerprint density at radius 1 is 1.00 bits per heavy atom. The van der Waals surface area contributed by atoms with Crippen molar-refractivity contribution < 1.29 is 18.7 Å². The maximum absolute atomic E-state index is 13.8. The molecule has 1 aliphatic heterocycles. The van der Waals surface area contributed by atoms with Crippen LogP contribution < -0.4 is 4.74 Å². The van der Waals surface area contributed by atoms with Crippen molar-refractivity contribution in [2.75, 3.05) is 0 Å². The minimum atomic E-state index is -0.319. The third-order valence-corrected chi connectivity index (χ3v) is 5.75. The lowest BCUT2D eigenvalue weighted by Crippen LogP contribution is -2.27. The second-order valence-electron chi connectivity index (χ2n) is 7.21. The zero-order chi connectivity index (χ0) is 21.8. The Kier molecular flexibility index (Phi) is 6.18. The molecule has 1 aliphatic rings. The van der Waals surface area contributed by atoms with Gasteiger partial charge < -0.3 is 4.74 Å². The molecule has 1 heterocycles. The Morgan fingerprint density at radius 3 is 2.55 bits per heavy atom. The molecule has 0 bridgehead atoms. The van der Waals surface area contributed by atoms with Gasteiger partial charge in [0.25, 0.3) is 11.1 Å². The number of nitrogens with zero attached hydrogens (tertiary/aromatic N) is 1. The van der Waals surface area contributed by atoms with Crippen molar-refractivity contribution in [2.45, 2.75) is 20.1 Å². The van der Waals surface area contributed by atoms with Gasteiger partial charge in [0.15, 0.2) is 0 Å². The molecule has 0 unspecified atom stereocenters. The number of halogens is 1. The van der Waals surface area contributed by atoms with Crippen molar-refractivity contribution in [3.8, 4) is 5.75 Å². The van der Waals surface area contributed by atoms with Crippen LogP contribution in [0.3, 0.4) is 0 Å². The fraction of sp³-hybridized carbons (Fsp3) is 0.120. The summed E-state index contributed by atoms with van der Waals surface area (Å²) in [5.41, 5.74) is 3.21. The first-order valence-electron chi connectivity index (χ1n) is 9.77. The quantitative estimate of drug-likeness (QED) is 0.451. The van der Waals surface area contributed by atoms with Gasteiger partial charge in [-0.15, -0.1) is 0 Å². The molecule has 156 valence electrons. The van der Waals surface area contributed by atoms with Gasteiger partial charge in [0, 0.05) is 5.56 Å². The SMILES string of the molecule is Cc1ccc(CN2C(=O)S/C(=C\c3cccc(OCc4ccccc4F)c3)C2=O)cc1. The zero-order valence-corrected chi connectivity index (χ0v) is 17.7. The van der Waals surface area contributed by atoms with Gasteiger partial charge in [-0.25, -0.2) is 4.39 Å². The molecule has 0 saturated carbocycles. The maximum Gasteiger partial charge on any atom is 0.293 e. The number of thioether (sulfide) groups is 1. The van der Waals surface area contributed by atoms with E-state index >= 15 is 0 Å². The van der Waals surface area contributed by atoms with E-state index in [2.05, 4.69) is 0 Å². The normalized spacial score (nSPS) is 15.0. The van der Waals surface area contributed by atoms with E-state index in [1.165, 1.54) is 11.0 Å². The van der Waals surface area contributed by atoms with Gasteiger partial charge in [-0.1, -0.05) is 60.2 Å². The Morgan fingerprint density at radius 2 is 1.77 bits per heavy atom. The Bertz CT molecular complexity index is 1160. The van der Waals surface area contributed by atoms with Crippen LogP contribution in [-0.4, -0.2) is 16.0 Å². The summed E-state index contributed by atoms with van der Waals surface area (Å²) >= 11 is 0.925. The smallest absolute Gasteiger partial charge is 0.293 e. The minimum absolute atomic E-state index is 0.100. The number of aryl methyl sites for hydroxylation is 1. The fourth-order valence-corrected chi connectivity index (χ4v) is 3.97. The van der Waals surface area contributed by atoms with E-state index in [4.69, 9.17) is 4.74 Å². The molecule has 4 rings (SSSR count). The third-order valence-electron chi connectivity index (χ3n) is 4.84. The van der Waals surface area contributed by atoms with Crippen LogP contribution in [0.25, 0.3) is 6.08 Å². The van der Waals surface area contributed by atoms with Crippen LogP contribution in [0.2, 0.25) is 0 Å². The molecular formula is C25H20FNO3S. The van der Waals surface area contributed by atoms with Gasteiger partial charge in [0.2, 0.25) is 0 Å². The van der Waals surface area contributed by atoms with E-state index in [-0.39, 0.29) is 30.1 Å². The van der Waals surface area contributed by atoms with Crippen molar-refractivity contribution in [3.63, 3.8) is 0 Å². The molecule has 0 atom stereocenters. The highest BCUT2D eigenvalue weighted by Gasteiger charge is 2.34. The van der Waals surface area contributed by atoms with Crippen molar-refractivity contribution in [1.29, 1.82) is 0 Å². The zero-order valence-electron chi connectivity index (χ0n) is 16.9. The van der Waals surface area contributed by atoms with Gasteiger partial charge in [0.1, 0.15) is 18.2 Å². The number of carbonyl (C=O) groups is 2. The summed E-state index contributed by atoms with van der Waals surface area (Å²) in [6.45, 7) is 2.33. The highest BCUT2D eigenvalue weighted by molar-refractivity contribution is 8.18. The predicted octanol–water partition coefficient (Wildman–Crippen LogP) is 5.95. The first-order chi connectivity index (χ1) is 15.0. The molecule has 4 nitrogen and oxygen atoms in total. The number of hydrogen-bond acceptors (Lipinski definition) is 4. The lowest BCUT2D eigenvalue weighted by molar-refractivity contribution is -0.123. The molecule has 0 N–H and O–H groups in total. The van der Waals surface area contributed by atoms with E-state index < -0.39 is 0 Å². The fourth-order valence-electron chi connectivity index (χ4n) is 3.13. The van der Waals surface area contributed by atoms with E-state index in [0.717, 1.165) is 28.5 Å². The molecule has 0 radical (unpaired) electrons. The van der Waals surface area contributed by atoms with E-state index in [1.807, 2.05) is 37.3 Å². The van der Waals surface area contributed by atoms with Crippen LogP contribution >= 0.6 is 11.8 Å². The van der Waals surface area contributed by atoms with Gasteiger partial charge in [0.05, 0.1) is 11.4 Å². The molecule has 3 aromatic rings. The standard InChI is InChI=1S/C25H20FNO3S/c1-17-9-11-18(12-10-17)15-27-24(28)23(31-25(27)29)14-19-5-4-7-21(13-19)30-16-20-6-2-3-8-22(20)26/h2-14H,15-16H2,1H3/b23-14-. The van der Waals surface area contributed by atoms with Crippen LogP contribution in [-0.2, 0) is 17.9 Å². The van der Waals surface area contributed by atoms with Crippen molar-refractivity contribution >= 4 is 29.0 Å². The highest BCUT2D eigenvalue weighted by Crippen LogP contribution is 2.33. The average molecular weight is 434 g/mol. The van der Waals surface area contributed by atoms with Crippen molar-refractivity contribution in [1.82, 2.24) is 4.90 Å². The monoisotopic (exact) mass is 433 g/mol. The number of benzene rings is 3. The molecule has 6 heteroatoms. The average Bonchev–Trinajstić information content (AvgIpc) is 3.02. The van der Waals surface area contributed by atoms with Gasteiger partial charge >= 0.3 is 0 Å². The van der Waals surface area contributed by atoms with Gasteiger partial charge in [-0.2, -0.15) is 0 Å². The number of carbonyl (C=O) groups excluding carboxylic acids is 2. The molecular weight excluding hydrogens is 413 g/mol. The lowest BCUT2D eigenvalue weighted by atomic mass is 10.1. The predicted molar refractivity (Wildman–Crippen MR) is 120 cm³/mol. The second-order valence-corrected chi connectivity index (χ2v) is 8.20. The number of rotatable bonds is 6. The van der Waals surface area contributed by atoms with Crippen LogP contribution in [0.4, 0.5) is 9.18 Å². The number of amides is 2. The van der Waals surface area contributed by atoms with Gasteiger partial charge in [-0.3, -0.25) is 14.5 Å². The molecule has 0 aromatic heterocycles. The minimum Gasteiger partial charge on any atom is -0.489 e. The Labute approximate surface area is 184 Å². The summed E-state index contributed by atoms with van der Waals surface area (Å²) in [6, 6.07) is 21.3. The Hall–Kier alpha value is -3.38. The molecule has 1 saturated heterocycles. The summed E-state index contributed by atoms with van der Waals surface area (Å²) in [6.07, 6.45) is 1.68. The van der Waals surface area contributed by atoms with E-state index in [9.17, 15) is 14.0 Å². The summed E-state index contributed by atoms with van der Waals surface area (Å²) in [7, 11) is 0. The highest BCUT2D eigenvalue weighted by atomic mass is 32.2. The summed E-state index contributed by atoms with van der Waals surface area (Å²) in [5, 5.41) is -0.288. The molecule has 0 aliphatic carbocycles. The third kappa shape index (κ3) is 5.03. The van der Waals surface area contributed by atoms with Gasteiger partial charge in [-0.05, 0) is 54.1 Å². The first kappa shape index (κ1) is 20.9. The molecule has 31 heavy (non-hydrogen) atoms. The number of imide groups is 1. The summed E-state index contributed by atoms with van der Waals surface area (Å²) < 4.78 is 19.5. The number of hydrogen-bond donors (Lipinski definition) is 0. The maximum atomic E-state index is 13.8. The molecule has 2 amide bonds. The van der Waals surface area contributed by atoms with E-state index in [1.54, 1.807) is 42.5 Å². The first-order valence-corrected chi connectivity index (χ1v) is 10.6. The molecule has 1 fully saturated rings. The summed E-state index contributed by atoms with van der Waals surface area (Å²) in [5.74, 6) is -0.0787. The lowest BCUT2D eigenvalue weighted by Gasteiger charge is -2.12. The van der Waals surface area contributed by atoms with Crippen molar-refractivity contribution in [3.05, 3.63) is 106 Å². The van der Waals surface area contributed by atoms with E-state index in [0.29, 0.717) is 16.2 Å². The second kappa shape index (κ2) is 9.18. The van der Waals surface area contributed by atoms with Crippen LogP contribution in [0.5, 0.6) is 5.75 Å². The van der Waals surface area contributed by atoms with Crippen LogP contribution in [0.15, 0.2) is 77.7 Å². The number of ether oxygens (including phenoxy) is 1.